The van der Waals surface area contributed by atoms with Crippen molar-refractivity contribution in [1.29, 1.82) is 0 Å². The predicted octanol–water partition coefficient (Wildman–Crippen LogP) is 5.67. The molecule has 8 nitrogen and oxygen atoms in total. The van der Waals surface area contributed by atoms with Crippen LogP contribution in [0, 0.1) is 5.82 Å². The number of amides is 2. The highest BCUT2D eigenvalue weighted by atomic mass is 32.2. The lowest BCUT2D eigenvalue weighted by Gasteiger charge is -2.33. The third-order valence-corrected chi connectivity index (χ3v) is 5.71. The molecule has 0 saturated carbocycles. The Bertz CT molecular complexity index is 1010. The molecule has 1 aromatic carbocycles. The zero-order valence-electron chi connectivity index (χ0n) is 21.0. The molecule has 2 amide bonds. The fourth-order valence-electron chi connectivity index (χ4n) is 3.12. The number of nitrogens with zero attached hydrogens (tertiary/aromatic N) is 1. The van der Waals surface area contributed by atoms with E-state index in [9.17, 15) is 14.7 Å². The van der Waals surface area contributed by atoms with Gasteiger partial charge in [0, 0.05) is 17.7 Å². The van der Waals surface area contributed by atoms with Crippen LogP contribution >= 0.6 is 11.8 Å². The number of hydrogen-bond donors (Lipinski definition) is 3. The van der Waals surface area contributed by atoms with Crippen LogP contribution in [-0.4, -0.2) is 40.3 Å². The van der Waals surface area contributed by atoms with Crippen molar-refractivity contribution in [2.75, 3.05) is 11.9 Å². The molecular weight excluding hydrogens is 461 g/mol. The Morgan fingerprint density at radius 3 is 2.21 bits per heavy atom. The predicted molar refractivity (Wildman–Crippen MR) is 132 cm³/mol. The number of rotatable bonds is 3. The van der Waals surface area contributed by atoms with E-state index in [1.807, 2.05) is 0 Å². The Hall–Kier alpha value is -2.59. The van der Waals surface area contributed by atoms with Gasteiger partial charge in [0.05, 0.1) is 12.1 Å². The van der Waals surface area contributed by atoms with Crippen LogP contribution in [-0.2, 0) is 15.0 Å². The quantitative estimate of drug-likeness (QED) is 0.498. The van der Waals surface area contributed by atoms with Gasteiger partial charge in [0.25, 0.3) is 0 Å². The molecule has 1 heterocycles. The summed E-state index contributed by atoms with van der Waals surface area (Å²) in [5.41, 5.74) is -1.29. The van der Waals surface area contributed by atoms with Gasteiger partial charge < -0.3 is 14.6 Å². The van der Waals surface area contributed by atoms with Crippen LogP contribution in [0.3, 0.4) is 0 Å². The number of anilines is 1. The third kappa shape index (κ3) is 8.02. The fraction of sp³-hybridized carbons (Fsp3) is 0.542. The summed E-state index contributed by atoms with van der Waals surface area (Å²) in [5.74, 6) is -0.523. The summed E-state index contributed by atoms with van der Waals surface area (Å²) in [5, 5.41) is 15.1. The molecule has 1 aliphatic heterocycles. The molecule has 1 aromatic rings. The molecule has 0 fully saturated rings. The number of nitrogens with one attached hydrogen (secondary N) is 2. The topological polar surface area (TPSA) is 109 Å². The Balaban J connectivity index is 2.45. The molecule has 188 valence electrons. The van der Waals surface area contributed by atoms with Crippen molar-refractivity contribution in [3.05, 3.63) is 40.1 Å². The molecule has 0 radical (unpaired) electrons. The number of ether oxygens (including phenoxy) is 2. The first-order chi connectivity index (χ1) is 15.5. The van der Waals surface area contributed by atoms with Gasteiger partial charge in [-0.15, -0.1) is 0 Å². The van der Waals surface area contributed by atoms with Gasteiger partial charge in [-0.2, -0.15) is 0 Å². The van der Waals surface area contributed by atoms with Crippen LogP contribution < -0.4 is 10.6 Å². The van der Waals surface area contributed by atoms with E-state index < -0.39 is 34.7 Å². The van der Waals surface area contributed by atoms with E-state index in [1.165, 1.54) is 30.0 Å². The van der Waals surface area contributed by atoms with E-state index in [0.29, 0.717) is 11.3 Å². The highest BCUT2D eigenvalue weighted by molar-refractivity contribution is 8.17. The number of benzene rings is 1. The second-order valence-electron chi connectivity index (χ2n) is 10.3. The number of alkyl carbamates (subject to hydrolysis) is 1. The summed E-state index contributed by atoms with van der Waals surface area (Å²) in [6, 6.07) is 4.17. The van der Waals surface area contributed by atoms with Gasteiger partial charge in [-0.05, 0) is 84.1 Å². The zero-order valence-corrected chi connectivity index (χ0v) is 21.8. The lowest BCUT2D eigenvalue weighted by atomic mass is 9.87. The van der Waals surface area contributed by atoms with E-state index in [0.717, 1.165) is 4.91 Å². The normalized spacial score (nSPS) is 20.2. The van der Waals surface area contributed by atoms with Crippen molar-refractivity contribution in [3.63, 3.8) is 0 Å². The highest BCUT2D eigenvalue weighted by Crippen LogP contribution is 2.44. The minimum absolute atomic E-state index is 0.194. The summed E-state index contributed by atoms with van der Waals surface area (Å²) >= 11 is 1.19. The molecule has 2 rings (SSSR count). The van der Waals surface area contributed by atoms with Crippen LogP contribution in [0.25, 0.3) is 0 Å². The van der Waals surface area contributed by atoms with Crippen LogP contribution in [0.2, 0.25) is 0 Å². The van der Waals surface area contributed by atoms with E-state index in [1.54, 1.807) is 55.4 Å². The minimum atomic E-state index is -1.13. The second-order valence-corrected chi connectivity index (χ2v) is 11.4. The van der Waals surface area contributed by atoms with Crippen LogP contribution in [0.5, 0.6) is 0 Å². The van der Waals surface area contributed by atoms with Gasteiger partial charge in [0.15, 0.2) is 5.17 Å². The standard InChI is InChI=1S/C24H34FN3O5S/c1-14(13-29)18-12-24(8,28-19(34-18)27-21(31)33-23(5,6)7)16-11-15(9-10-17(16)25)26-20(30)32-22(2,3)4/h9-11,29H,12-13H2,1-8H3,(H,26,30)(H,27,28,31)/b18-14-/t24-/m0/s1. The zero-order chi connectivity index (χ0) is 25.9. The number of aliphatic imine (C=N–C) groups is 1. The monoisotopic (exact) mass is 495 g/mol. The molecule has 0 bridgehead atoms. The van der Waals surface area contributed by atoms with Gasteiger partial charge >= 0.3 is 12.2 Å². The average Bonchev–Trinajstić information content (AvgIpc) is 2.65. The van der Waals surface area contributed by atoms with Gasteiger partial charge in [0.2, 0.25) is 0 Å². The van der Waals surface area contributed by atoms with Crippen molar-refractivity contribution in [2.45, 2.75) is 78.6 Å². The number of aliphatic hydroxyl groups excluding tert-OH is 1. The average molecular weight is 496 g/mol. The maximum Gasteiger partial charge on any atom is 0.413 e. The van der Waals surface area contributed by atoms with E-state index in [2.05, 4.69) is 15.6 Å². The Morgan fingerprint density at radius 2 is 1.68 bits per heavy atom. The third-order valence-electron chi connectivity index (χ3n) is 4.59. The van der Waals surface area contributed by atoms with Crippen molar-refractivity contribution in [1.82, 2.24) is 5.32 Å². The van der Waals surface area contributed by atoms with E-state index >= 15 is 4.39 Å². The smallest absolute Gasteiger partial charge is 0.413 e. The van der Waals surface area contributed by atoms with Gasteiger partial charge in [-0.1, -0.05) is 11.8 Å². The summed E-state index contributed by atoms with van der Waals surface area (Å²) < 4.78 is 25.6. The Labute approximate surface area is 204 Å². The van der Waals surface area contributed by atoms with E-state index in [4.69, 9.17) is 9.47 Å². The first-order valence-electron chi connectivity index (χ1n) is 10.9. The summed E-state index contributed by atoms with van der Waals surface area (Å²) in [4.78, 5) is 29.9. The summed E-state index contributed by atoms with van der Waals surface area (Å²) in [7, 11) is 0. The van der Waals surface area contributed by atoms with Crippen molar-refractivity contribution in [2.24, 2.45) is 4.99 Å². The molecule has 34 heavy (non-hydrogen) atoms. The highest BCUT2D eigenvalue weighted by Gasteiger charge is 2.37. The van der Waals surface area contributed by atoms with E-state index in [-0.39, 0.29) is 23.8 Å². The lowest BCUT2D eigenvalue weighted by Crippen LogP contribution is -2.38. The first kappa shape index (κ1) is 27.7. The number of carbonyl (C=O) groups is 2. The van der Waals surface area contributed by atoms with Crippen LogP contribution in [0.1, 0.15) is 67.4 Å². The molecule has 10 heteroatoms. The molecule has 1 atom stereocenters. The minimum Gasteiger partial charge on any atom is -0.444 e. The SMILES string of the molecule is C/C(CO)=C1\C[C@@](C)(c2cc(NC(=O)OC(C)(C)C)ccc2F)N=C(NC(=O)OC(C)(C)C)S1. The molecule has 3 N–H and O–H groups in total. The van der Waals surface area contributed by atoms with Gasteiger partial charge in [-0.25, -0.2) is 14.0 Å². The van der Waals surface area contributed by atoms with Gasteiger partial charge in [0.1, 0.15) is 17.0 Å². The van der Waals surface area contributed by atoms with Gasteiger partial charge in [-0.3, -0.25) is 15.6 Å². The molecule has 0 aromatic heterocycles. The number of halogens is 1. The second kappa shape index (κ2) is 10.4. The summed E-state index contributed by atoms with van der Waals surface area (Å²) in [6.07, 6.45) is -1.07. The maximum absolute atomic E-state index is 15.0. The van der Waals surface area contributed by atoms with Crippen molar-refractivity contribution < 1.29 is 28.6 Å². The molecule has 0 spiro atoms. The van der Waals surface area contributed by atoms with Crippen molar-refractivity contribution in [3.8, 4) is 0 Å². The Kier molecular flexibility index (Phi) is 8.42. The van der Waals surface area contributed by atoms with Crippen molar-refractivity contribution >= 4 is 34.8 Å². The molecule has 0 unspecified atom stereocenters. The first-order valence-corrected chi connectivity index (χ1v) is 11.7. The fourth-order valence-corrected chi connectivity index (χ4v) is 4.32. The number of hydrogen-bond acceptors (Lipinski definition) is 7. The summed E-state index contributed by atoms with van der Waals surface area (Å²) in [6.45, 7) is 13.8. The molecule has 1 aliphatic rings. The number of thioether (sulfide) groups is 1. The lowest BCUT2D eigenvalue weighted by molar-refractivity contribution is 0.0562. The Morgan fingerprint density at radius 1 is 1.12 bits per heavy atom. The number of aliphatic hydroxyl groups is 1. The van der Waals surface area contributed by atoms with Crippen LogP contribution in [0.4, 0.5) is 19.7 Å². The number of amidine groups is 1. The largest absolute Gasteiger partial charge is 0.444 e. The molecule has 0 aliphatic carbocycles. The molecular formula is C24H34FN3O5S. The number of carbonyl (C=O) groups excluding carboxylic acids is 2. The molecule has 0 saturated heterocycles. The van der Waals surface area contributed by atoms with Crippen LogP contribution in [0.15, 0.2) is 33.7 Å². The maximum atomic E-state index is 15.0.